The van der Waals surface area contributed by atoms with Crippen LogP contribution in [0.4, 0.5) is 5.69 Å². The molecule has 1 saturated heterocycles. The third-order valence-electron chi connectivity index (χ3n) is 5.13. The standard InChI is InChI=1S/C18H26N2O3S/c1-3-20(17-9-10-24(22,23)12-17)18(21)13(2)19-16-8-7-14-5-4-6-15(14)11-16/h7-8,11,13,17,19H,3-6,9-10,12H2,1-2H3. The molecule has 5 nitrogen and oxygen atoms in total. The van der Waals surface area contributed by atoms with Crippen molar-refractivity contribution in [1.82, 2.24) is 4.90 Å². The molecule has 0 bridgehead atoms. The first-order valence-electron chi connectivity index (χ1n) is 8.79. The summed E-state index contributed by atoms with van der Waals surface area (Å²) < 4.78 is 23.4. The Labute approximate surface area is 144 Å². The second-order valence-corrected chi connectivity index (χ2v) is 9.11. The zero-order valence-corrected chi connectivity index (χ0v) is 15.2. The van der Waals surface area contributed by atoms with Crippen molar-refractivity contribution in [3.05, 3.63) is 29.3 Å². The van der Waals surface area contributed by atoms with Gasteiger partial charge in [0, 0.05) is 18.3 Å². The van der Waals surface area contributed by atoms with E-state index in [1.165, 1.54) is 17.5 Å². The maximum Gasteiger partial charge on any atom is 0.245 e. The van der Waals surface area contributed by atoms with Crippen molar-refractivity contribution in [3.8, 4) is 0 Å². The van der Waals surface area contributed by atoms with E-state index in [0.29, 0.717) is 13.0 Å². The van der Waals surface area contributed by atoms with Gasteiger partial charge in [0.2, 0.25) is 5.91 Å². The number of amides is 1. The number of hydrogen-bond acceptors (Lipinski definition) is 4. The number of carbonyl (C=O) groups is 1. The summed E-state index contributed by atoms with van der Waals surface area (Å²) in [4.78, 5) is 14.5. The Morgan fingerprint density at radius 1 is 1.33 bits per heavy atom. The van der Waals surface area contributed by atoms with Gasteiger partial charge >= 0.3 is 0 Å². The van der Waals surface area contributed by atoms with Gasteiger partial charge in [-0.1, -0.05) is 6.07 Å². The minimum Gasteiger partial charge on any atom is -0.374 e. The van der Waals surface area contributed by atoms with Crippen molar-refractivity contribution in [1.29, 1.82) is 0 Å². The molecule has 0 saturated carbocycles. The molecule has 1 amide bonds. The highest BCUT2D eigenvalue weighted by Crippen LogP contribution is 2.25. The van der Waals surface area contributed by atoms with Gasteiger partial charge in [-0.3, -0.25) is 4.79 Å². The molecule has 1 aliphatic heterocycles. The Balaban J connectivity index is 1.67. The second kappa shape index (κ2) is 6.75. The topological polar surface area (TPSA) is 66.5 Å². The number of rotatable bonds is 5. The lowest BCUT2D eigenvalue weighted by molar-refractivity contribution is -0.133. The van der Waals surface area contributed by atoms with Gasteiger partial charge in [-0.2, -0.15) is 0 Å². The third-order valence-corrected chi connectivity index (χ3v) is 6.88. The molecule has 1 aliphatic carbocycles. The average molecular weight is 350 g/mol. The summed E-state index contributed by atoms with van der Waals surface area (Å²) in [6, 6.07) is 5.76. The molecule has 1 aromatic carbocycles. The highest BCUT2D eigenvalue weighted by molar-refractivity contribution is 7.91. The van der Waals surface area contributed by atoms with Crippen LogP contribution in [0.2, 0.25) is 0 Å². The van der Waals surface area contributed by atoms with E-state index in [4.69, 9.17) is 0 Å². The highest BCUT2D eigenvalue weighted by Gasteiger charge is 2.35. The number of fused-ring (bicyclic) bond motifs is 1. The first kappa shape index (κ1) is 17.3. The van der Waals surface area contributed by atoms with Gasteiger partial charge < -0.3 is 10.2 Å². The average Bonchev–Trinajstić information content (AvgIpc) is 3.13. The first-order valence-corrected chi connectivity index (χ1v) is 10.6. The number of hydrogen-bond donors (Lipinski definition) is 1. The van der Waals surface area contributed by atoms with E-state index >= 15 is 0 Å². The molecule has 1 fully saturated rings. The lowest BCUT2D eigenvalue weighted by Gasteiger charge is -2.30. The summed E-state index contributed by atoms with van der Waals surface area (Å²) >= 11 is 0. The molecule has 6 heteroatoms. The molecule has 3 rings (SSSR count). The van der Waals surface area contributed by atoms with Gasteiger partial charge in [0.25, 0.3) is 0 Å². The van der Waals surface area contributed by atoms with Crippen LogP contribution in [-0.2, 0) is 27.5 Å². The van der Waals surface area contributed by atoms with Crippen LogP contribution in [0.1, 0.15) is 37.8 Å². The monoisotopic (exact) mass is 350 g/mol. The second-order valence-electron chi connectivity index (χ2n) is 6.88. The lowest BCUT2D eigenvalue weighted by atomic mass is 10.1. The van der Waals surface area contributed by atoms with Crippen LogP contribution < -0.4 is 5.32 Å². The minimum absolute atomic E-state index is 0.0277. The fourth-order valence-electron chi connectivity index (χ4n) is 3.84. The third kappa shape index (κ3) is 3.58. The molecule has 0 spiro atoms. The molecule has 2 atom stereocenters. The molecule has 1 aromatic rings. The van der Waals surface area contributed by atoms with E-state index in [1.54, 1.807) is 4.90 Å². The van der Waals surface area contributed by atoms with Gasteiger partial charge in [-0.25, -0.2) is 8.42 Å². The number of nitrogens with one attached hydrogen (secondary N) is 1. The van der Waals surface area contributed by atoms with Crippen molar-refractivity contribution >= 4 is 21.4 Å². The molecule has 24 heavy (non-hydrogen) atoms. The Morgan fingerprint density at radius 3 is 2.75 bits per heavy atom. The molecule has 2 unspecified atom stereocenters. The summed E-state index contributed by atoms with van der Waals surface area (Å²) in [7, 11) is -2.99. The number of aryl methyl sites for hydroxylation is 2. The minimum atomic E-state index is -2.99. The Kier molecular flexibility index (Phi) is 4.85. The van der Waals surface area contributed by atoms with Crippen molar-refractivity contribution in [2.75, 3.05) is 23.4 Å². The van der Waals surface area contributed by atoms with Crippen molar-refractivity contribution in [2.45, 2.75) is 51.6 Å². The zero-order valence-electron chi connectivity index (χ0n) is 14.4. The van der Waals surface area contributed by atoms with E-state index < -0.39 is 9.84 Å². The van der Waals surface area contributed by atoms with Gasteiger partial charge in [0.05, 0.1) is 11.5 Å². The fourth-order valence-corrected chi connectivity index (χ4v) is 5.57. The predicted octanol–water partition coefficient (Wildman–Crippen LogP) is 2.01. The molecular weight excluding hydrogens is 324 g/mol. The summed E-state index contributed by atoms with van der Waals surface area (Å²) in [5, 5.41) is 3.29. The summed E-state index contributed by atoms with van der Waals surface area (Å²) in [5.74, 6) is 0.256. The summed E-state index contributed by atoms with van der Waals surface area (Å²) in [5.41, 5.74) is 3.74. The molecule has 0 radical (unpaired) electrons. The zero-order chi connectivity index (χ0) is 17.3. The molecule has 132 valence electrons. The van der Waals surface area contributed by atoms with E-state index in [-0.39, 0.29) is 29.5 Å². The smallest absolute Gasteiger partial charge is 0.245 e. The van der Waals surface area contributed by atoms with Crippen LogP contribution in [-0.4, -0.2) is 49.4 Å². The molecular formula is C18H26N2O3S. The van der Waals surface area contributed by atoms with Crippen molar-refractivity contribution < 1.29 is 13.2 Å². The van der Waals surface area contributed by atoms with Crippen LogP contribution in [0.25, 0.3) is 0 Å². The van der Waals surface area contributed by atoms with Gasteiger partial charge in [-0.15, -0.1) is 0 Å². The molecule has 1 N–H and O–H groups in total. The Hall–Kier alpha value is -1.56. The Bertz CT molecular complexity index is 730. The van der Waals surface area contributed by atoms with E-state index in [2.05, 4.69) is 17.4 Å². The number of sulfone groups is 1. The van der Waals surface area contributed by atoms with Crippen molar-refractivity contribution in [2.24, 2.45) is 0 Å². The van der Waals surface area contributed by atoms with Crippen molar-refractivity contribution in [3.63, 3.8) is 0 Å². The number of nitrogens with zero attached hydrogens (tertiary/aromatic N) is 1. The fraction of sp³-hybridized carbons (Fsp3) is 0.611. The molecule has 2 aliphatic rings. The van der Waals surface area contributed by atoms with E-state index in [1.807, 2.05) is 19.9 Å². The lowest BCUT2D eigenvalue weighted by Crippen LogP contribution is -2.47. The maximum atomic E-state index is 12.8. The first-order chi connectivity index (χ1) is 11.4. The maximum absolute atomic E-state index is 12.8. The number of anilines is 1. The van der Waals surface area contributed by atoms with Gasteiger partial charge in [0.15, 0.2) is 9.84 Å². The predicted molar refractivity (Wildman–Crippen MR) is 96.0 cm³/mol. The Morgan fingerprint density at radius 2 is 2.08 bits per heavy atom. The highest BCUT2D eigenvalue weighted by atomic mass is 32.2. The largest absolute Gasteiger partial charge is 0.374 e. The van der Waals surface area contributed by atoms with Crippen LogP contribution in [0, 0.1) is 0 Å². The van der Waals surface area contributed by atoms with Gasteiger partial charge in [0.1, 0.15) is 6.04 Å². The van der Waals surface area contributed by atoms with Gasteiger partial charge in [-0.05, 0) is 62.8 Å². The number of likely N-dealkylation sites (N-methyl/N-ethyl adjacent to an activating group) is 1. The SMILES string of the molecule is CCN(C(=O)C(C)Nc1ccc2c(c1)CCC2)C1CCS(=O)(=O)C1. The molecule has 0 aromatic heterocycles. The van der Waals surface area contributed by atoms with Crippen LogP contribution in [0.15, 0.2) is 18.2 Å². The van der Waals surface area contributed by atoms with E-state index in [0.717, 1.165) is 18.5 Å². The summed E-state index contributed by atoms with van der Waals surface area (Å²) in [6.45, 7) is 4.29. The summed E-state index contributed by atoms with van der Waals surface area (Å²) in [6.07, 6.45) is 4.00. The quantitative estimate of drug-likeness (QED) is 0.882. The number of carbonyl (C=O) groups excluding carboxylic acids is 1. The van der Waals surface area contributed by atoms with Crippen LogP contribution >= 0.6 is 0 Å². The number of benzene rings is 1. The van der Waals surface area contributed by atoms with E-state index in [9.17, 15) is 13.2 Å². The van der Waals surface area contributed by atoms with Crippen LogP contribution in [0.5, 0.6) is 0 Å². The normalized spacial score (nSPS) is 22.8. The van der Waals surface area contributed by atoms with Crippen LogP contribution in [0.3, 0.4) is 0 Å². The molecule has 1 heterocycles.